The predicted molar refractivity (Wildman–Crippen MR) is 105 cm³/mol. The van der Waals surface area contributed by atoms with Gasteiger partial charge in [-0.3, -0.25) is 0 Å². The van der Waals surface area contributed by atoms with Crippen LogP contribution in [-0.4, -0.2) is 41.0 Å². The first kappa shape index (κ1) is 17.9. The lowest BCUT2D eigenvalue weighted by atomic mass is 9.92. The van der Waals surface area contributed by atoms with E-state index in [1.54, 1.807) is 36.5 Å². The first-order valence-electron chi connectivity index (χ1n) is 9.02. The van der Waals surface area contributed by atoms with E-state index >= 15 is 0 Å². The number of piperidine rings is 1. The molecule has 1 aliphatic rings. The Morgan fingerprint density at radius 3 is 2.67 bits per heavy atom. The van der Waals surface area contributed by atoms with E-state index in [1.165, 1.54) is 10.3 Å². The Balaban J connectivity index is 1.75. The summed E-state index contributed by atoms with van der Waals surface area (Å²) in [6.45, 7) is 5.92. The Morgan fingerprint density at radius 1 is 1.19 bits per heavy atom. The number of hydrogen-bond donors (Lipinski definition) is 2. The van der Waals surface area contributed by atoms with Crippen LogP contribution >= 0.6 is 0 Å². The lowest BCUT2D eigenvalue weighted by molar-refractivity contribution is 0.368. The quantitative estimate of drug-likeness (QED) is 0.717. The Labute approximate surface area is 158 Å². The third kappa shape index (κ3) is 3.30. The van der Waals surface area contributed by atoms with Crippen molar-refractivity contribution in [1.29, 1.82) is 0 Å². The molecule has 27 heavy (non-hydrogen) atoms. The van der Waals surface area contributed by atoms with Crippen LogP contribution in [0.25, 0.3) is 11.0 Å². The molecule has 3 heterocycles. The minimum atomic E-state index is -3.72. The molecule has 2 N–H and O–H groups in total. The zero-order valence-electron chi connectivity index (χ0n) is 15.4. The zero-order chi connectivity index (χ0) is 19.1. The first-order chi connectivity index (χ1) is 12.9. The van der Waals surface area contributed by atoms with Gasteiger partial charge < -0.3 is 10.6 Å². The molecule has 1 unspecified atom stereocenters. The summed E-state index contributed by atoms with van der Waals surface area (Å²) >= 11 is 0. The van der Waals surface area contributed by atoms with Crippen molar-refractivity contribution in [2.75, 3.05) is 18.4 Å². The standard InChI is InChI=1S/C19H23N5O2S/c1-14-4-6-15(7-5-14)27(25,26)24-11-8-16-17(21-13-22-18(16)24)23-19(2)9-3-10-20-12-19/h4-8,11,13,20H,3,9-10,12H2,1-2H3,(H,21,22,23). The van der Waals surface area contributed by atoms with E-state index in [0.717, 1.165) is 31.5 Å². The van der Waals surface area contributed by atoms with Crippen molar-refractivity contribution in [1.82, 2.24) is 19.3 Å². The van der Waals surface area contributed by atoms with Gasteiger partial charge in [0, 0.05) is 18.3 Å². The van der Waals surface area contributed by atoms with Gasteiger partial charge in [-0.15, -0.1) is 0 Å². The maximum Gasteiger partial charge on any atom is 0.269 e. The van der Waals surface area contributed by atoms with Crippen LogP contribution in [-0.2, 0) is 10.0 Å². The Bertz CT molecular complexity index is 1070. The molecule has 0 spiro atoms. The normalized spacial score (nSPS) is 20.7. The van der Waals surface area contributed by atoms with Crippen molar-refractivity contribution < 1.29 is 8.42 Å². The summed E-state index contributed by atoms with van der Waals surface area (Å²) in [7, 11) is -3.72. The van der Waals surface area contributed by atoms with Crippen molar-refractivity contribution in [3.63, 3.8) is 0 Å². The van der Waals surface area contributed by atoms with Gasteiger partial charge in [-0.1, -0.05) is 17.7 Å². The Morgan fingerprint density at radius 2 is 1.96 bits per heavy atom. The molecule has 8 heteroatoms. The monoisotopic (exact) mass is 385 g/mol. The van der Waals surface area contributed by atoms with Crippen LogP contribution in [0.5, 0.6) is 0 Å². The van der Waals surface area contributed by atoms with Gasteiger partial charge in [0.25, 0.3) is 10.0 Å². The molecule has 1 atom stereocenters. The maximum atomic E-state index is 13.1. The number of aryl methyl sites for hydroxylation is 1. The smallest absolute Gasteiger partial charge is 0.269 e. The summed E-state index contributed by atoms with van der Waals surface area (Å²) in [5.41, 5.74) is 1.26. The molecule has 0 radical (unpaired) electrons. The summed E-state index contributed by atoms with van der Waals surface area (Å²) < 4.78 is 27.3. The van der Waals surface area contributed by atoms with Gasteiger partial charge in [0.05, 0.1) is 10.3 Å². The number of aromatic nitrogens is 3. The van der Waals surface area contributed by atoms with Crippen LogP contribution in [0.15, 0.2) is 47.8 Å². The molecule has 142 valence electrons. The van der Waals surface area contributed by atoms with Gasteiger partial charge in [0.2, 0.25) is 0 Å². The summed E-state index contributed by atoms with van der Waals surface area (Å²) in [4.78, 5) is 8.85. The van der Waals surface area contributed by atoms with Crippen LogP contribution < -0.4 is 10.6 Å². The molecular formula is C19H23N5O2S. The molecule has 1 aromatic carbocycles. The molecule has 0 amide bonds. The number of benzene rings is 1. The largest absolute Gasteiger partial charge is 0.363 e. The molecular weight excluding hydrogens is 362 g/mol. The van der Waals surface area contributed by atoms with E-state index in [2.05, 4.69) is 27.5 Å². The second kappa shape index (κ2) is 6.61. The number of anilines is 1. The van der Waals surface area contributed by atoms with Crippen molar-refractivity contribution in [3.05, 3.63) is 48.4 Å². The summed E-state index contributed by atoms with van der Waals surface area (Å²) in [5, 5.41) is 7.58. The predicted octanol–water partition coefficient (Wildman–Crippen LogP) is 2.53. The Kier molecular flexibility index (Phi) is 4.39. The molecule has 1 aliphatic heterocycles. The fourth-order valence-electron chi connectivity index (χ4n) is 3.49. The lowest BCUT2D eigenvalue weighted by Crippen LogP contribution is -2.49. The summed E-state index contributed by atoms with van der Waals surface area (Å²) in [6, 6.07) is 8.56. The minimum Gasteiger partial charge on any atom is -0.363 e. The van der Waals surface area contributed by atoms with E-state index < -0.39 is 10.0 Å². The second-order valence-corrected chi connectivity index (χ2v) is 9.17. The van der Waals surface area contributed by atoms with Crippen LogP contribution in [0, 0.1) is 6.92 Å². The third-order valence-corrected chi connectivity index (χ3v) is 6.72. The van der Waals surface area contributed by atoms with Gasteiger partial charge in [0.1, 0.15) is 12.1 Å². The maximum absolute atomic E-state index is 13.1. The van der Waals surface area contributed by atoms with Gasteiger partial charge in [0.15, 0.2) is 5.65 Å². The van der Waals surface area contributed by atoms with Crippen molar-refractivity contribution in [2.24, 2.45) is 0 Å². The number of hydrogen-bond acceptors (Lipinski definition) is 6. The van der Waals surface area contributed by atoms with Gasteiger partial charge in [-0.25, -0.2) is 22.4 Å². The minimum absolute atomic E-state index is 0.128. The number of rotatable bonds is 4. The van der Waals surface area contributed by atoms with Crippen LogP contribution in [0.3, 0.4) is 0 Å². The van der Waals surface area contributed by atoms with Crippen molar-refractivity contribution in [3.8, 4) is 0 Å². The molecule has 1 fully saturated rings. The first-order valence-corrected chi connectivity index (χ1v) is 10.5. The van der Waals surface area contributed by atoms with Gasteiger partial charge >= 0.3 is 0 Å². The fraction of sp³-hybridized carbons (Fsp3) is 0.368. The second-order valence-electron chi connectivity index (χ2n) is 7.36. The number of fused-ring (bicyclic) bond motifs is 1. The molecule has 1 saturated heterocycles. The average molecular weight is 385 g/mol. The number of nitrogens with one attached hydrogen (secondary N) is 2. The summed E-state index contributed by atoms with van der Waals surface area (Å²) in [6.07, 6.45) is 5.06. The molecule has 0 bridgehead atoms. The van der Waals surface area contributed by atoms with E-state index in [-0.39, 0.29) is 10.4 Å². The molecule has 3 aromatic rings. The van der Waals surface area contributed by atoms with E-state index in [0.29, 0.717) is 16.9 Å². The van der Waals surface area contributed by atoms with E-state index in [9.17, 15) is 8.42 Å². The van der Waals surface area contributed by atoms with Crippen LogP contribution in [0.4, 0.5) is 5.82 Å². The highest BCUT2D eigenvalue weighted by Gasteiger charge is 2.28. The third-order valence-electron chi connectivity index (χ3n) is 5.04. The van der Waals surface area contributed by atoms with Crippen LogP contribution in [0.2, 0.25) is 0 Å². The van der Waals surface area contributed by atoms with E-state index in [4.69, 9.17) is 0 Å². The zero-order valence-corrected chi connectivity index (χ0v) is 16.3. The lowest BCUT2D eigenvalue weighted by Gasteiger charge is -2.35. The van der Waals surface area contributed by atoms with E-state index in [1.807, 2.05) is 6.92 Å². The molecule has 2 aromatic heterocycles. The Hall–Kier alpha value is -2.45. The van der Waals surface area contributed by atoms with Gasteiger partial charge in [-0.2, -0.15) is 0 Å². The molecule has 7 nitrogen and oxygen atoms in total. The van der Waals surface area contributed by atoms with Crippen molar-refractivity contribution in [2.45, 2.75) is 37.1 Å². The topological polar surface area (TPSA) is 88.9 Å². The van der Waals surface area contributed by atoms with Crippen LogP contribution in [0.1, 0.15) is 25.3 Å². The summed E-state index contributed by atoms with van der Waals surface area (Å²) in [5.74, 6) is 0.657. The SMILES string of the molecule is Cc1ccc(S(=O)(=O)n2ccc3c(NC4(C)CCCNC4)ncnc32)cc1. The fourth-order valence-corrected chi connectivity index (χ4v) is 4.80. The van der Waals surface area contributed by atoms with Crippen molar-refractivity contribution >= 4 is 26.9 Å². The average Bonchev–Trinajstić information content (AvgIpc) is 3.08. The molecule has 0 saturated carbocycles. The highest BCUT2D eigenvalue weighted by molar-refractivity contribution is 7.90. The molecule has 4 rings (SSSR count). The highest BCUT2D eigenvalue weighted by Crippen LogP contribution is 2.28. The van der Waals surface area contributed by atoms with Gasteiger partial charge in [-0.05, 0) is 51.4 Å². The molecule has 0 aliphatic carbocycles. The number of nitrogens with zero attached hydrogens (tertiary/aromatic N) is 3. The highest BCUT2D eigenvalue weighted by atomic mass is 32.2.